The highest BCUT2D eigenvalue weighted by molar-refractivity contribution is 6.46. The molecule has 1 saturated heterocycles. The van der Waals surface area contributed by atoms with Gasteiger partial charge in [0.25, 0.3) is 11.7 Å². The maximum atomic E-state index is 12.8. The highest BCUT2D eigenvalue weighted by Crippen LogP contribution is 2.39. The molecule has 0 saturated carbocycles. The second-order valence-electron chi connectivity index (χ2n) is 7.07. The van der Waals surface area contributed by atoms with Gasteiger partial charge in [-0.25, -0.2) is 0 Å². The van der Waals surface area contributed by atoms with E-state index in [-0.39, 0.29) is 11.3 Å². The fourth-order valence-electron chi connectivity index (χ4n) is 3.44. The van der Waals surface area contributed by atoms with Gasteiger partial charge in [-0.1, -0.05) is 54.1 Å². The lowest BCUT2D eigenvalue weighted by Gasteiger charge is -2.26. The lowest BCUT2D eigenvalue weighted by atomic mass is 9.95. The normalized spacial score (nSPS) is 18.9. The number of carbonyl (C=O) groups excluding carboxylic acids is 2. The van der Waals surface area contributed by atoms with Gasteiger partial charge in [0, 0.05) is 17.1 Å². The zero-order valence-corrected chi connectivity index (χ0v) is 16.7. The third kappa shape index (κ3) is 4.11. The van der Waals surface area contributed by atoms with Crippen molar-refractivity contribution in [3.8, 4) is 0 Å². The number of Topliss-reactive ketones (excluding diaryl/α,β-unsaturated/α-hetero) is 1. The maximum absolute atomic E-state index is 12.8. The first-order valence-electron chi connectivity index (χ1n) is 9.14. The topological polar surface area (TPSA) is 60.9 Å². The summed E-state index contributed by atoms with van der Waals surface area (Å²) < 4.78 is 0. The van der Waals surface area contributed by atoms with Crippen molar-refractivity contribution < 1.29 is 14.7 Å². The van der Waals surface area contributed by atoms with Crippen molar-refractivity contribution in [3.63, 3.8) is 0 Å². The van der Waals surface area contributed by atoms with E-state index in [2.05, 4.69) is 0 Å². The van der Waals surface area contributed by atoms with Crippen molar-refractivity contribution >= 4 is 29.1 Å². The van der Waals surface area contributed by atoms with Crippen LogP contribution in [0.15, 0.2) is 60.2 Å². The van der Waals surface area contributed by atoms with Crippen LogP contribution in [0.2, 0.25) is 5.02 Å². The van der Waals surface area contributed by atoms with Crippen LogP contribution in [-0.2, 0) is 9.59 Å². The van der Waals surface area contributed by atoms with E-state index in [0.717, 1.165) is 18.5 Å². The van der Waals surface area contributed by atoms with Gasteiger partial charge in [0.15, 0.2) is 0 Å². The molecule has 0 spiro atoms. The molecular weight excluding hydrogens is 376 g/mol. The first kappa shape index (κ1) is 20.1. The van der Waals surface area contributed by atoms with Gasteiger partial charge < -0.3 is 14.9 Å². The fourth-order valence-corrected chi connectivity index (χ4v) is 3.63. The SMILES string of the molecule is CN(C)CCCN1C(=O)C(=O)/C(=C(\O)c2cccc(Cl)c2)C1c1ccccc1. The van der Waals surface area contributed by atoms with E-state index in [4.69, 9.17) is 11.6 Å². The lowest BCUT2D eigenvalue weighted by molar-refractivity contribution is -0.139. The molecule has 0 aliphatic carbocycles. The number of benzene rings is 2. The van der Waals surface area contributed by atoms with Crippen LogP contribution in [0.1, 0.15) is 23.6 Å². The van der Waals surface area contributed by atoms with Gasteiger partial charge in [-0.05, 0) is 44.8 Å². The molecule has 1 heterocycles. The number of hydrogen-bond acceptors (Lipinski definition) is 4. The third-order valence-corrected chi connectivity index (χ3v) is 4.99. The number of aliphatic hydroxyl groups excluding tert-OH is 1. The molecule has 1 N–H and O–H groups in total. The Morgan fingerprint density at radius 1 is 1.11 bits per heavy atom. The number of ketones is 1. The van der Waals surface area contributed by atoms with E-state index < -0.39 is 17.7 Å². The van der Waals surface area contributed by atoms with Gasteiger partial charge in [0.1, 0.15) is 5.76 Å². The zero-order valence-electron chi connectivity index (χ0n) is 15.9. The van der Waals surface area contributed by atoms with Crippen LogP contribution in [0.3, 0.4) is 0 Å². The number of amides is 1. The van der Waals surface area contributed by atoms with Crippen LogP contribution in [0.25, 0.3) is 5.76 Å². The molecule has 146 valence electrons. The summed E-state index contributed by atoms with van der Waals surface area (Å²) in [6.45, 7) is 1.22. The van der Waals surface area contributed by atoms with Gasteiger partial charge in [0.05, 0.1) is 11.6 Å². The van der Waals surface area contributed by atoms with E-state index in [9.17, 15) is 14.7 Å². The first-order valence-corrected chi connectivity index (χ1v) is 9.52. The van der Waals surface area contributed by atoms with E-state index in [0.29, 0.717) is 17.1 Å². The first-order chi connectivity index (χ1) is 13.4. The zero-order chi connectivity index (χ0) is 20.3. The standard InChI is InChI=1S/C22H23ClN2O3/c1-24(2)12-7-13-25-19(15-8-4-3-5-9-15)18(21(27)22(25)28)20(26)16-10-6-11-17(23)14-16/h3-6,8-11,14,19,26H,7,12-13H2,1-2H3/b20-18-. The van der Waals surface area contributed by atoms with Gasteiger partial charge in [-0.15, -0.1) is 0 Å². The Bertz CT molecular complexity index is 909. The molecule has 1 aliphatic heterocycles. The van der Waals surface area contributed by atoms with E-state index >= 15 is 0 Å². The average Bonchev–Trinajstić information content (AvgIpc) is 2.93. The minimum absolute atomic E-state index is 0.100. The van der Waals surface area contributed by atoms with Crippen LogP contribution >= 0.6 is 11.6 Å². The largest absolute Gasteiger partial charge is 0.507 e. The Morgan fingerprint density at radius 3 is 2.46 bits per heavy atom. The molecule has 1 amide bonds. The highest BCUT2D eigenvalue weighted by Gasteiger charge is 2.45. The van der Waals surface area contributed by atoms with Gasteiger partial charge in [0.2, 0.25) is 0 Å². The molecule has 1 unspecified atom stereocenters. The summed E-state index contributed by atoms with van der Waals surface area (Å²) in [5.41, 5.74) is 1.30. The minimum Gasteiger partial charge on any atom is -0.507 e. The Labute approximate surface area is 169 Å². The number of carbonyl (C=O) groups is 2. The summed E-state index contributed by atoms with van der Waals surface area (Å²) in [4.78, 5) is 29.2. The molecule has 6 heteroatoms. The predicted molar refractivity (Wildman–Crippen MR) is 110 cm³/mol. The van der Waals surface area contributed by atoms with Crippen molar-refractivity contribution in [2.45, 2.75) is 12.5 Å². The van der Waals surface area contributed by atoms with Crippen LogP contribution in [0, 0.1) is 0 Å². The van der Waals surface area contributed by atoms with E-state index in [1.807, 2.05) is 49.3 Å². The molecule has 3 rings (SSSR count). The number of halogens is 1. The highest BCUT2D eigenvalue weighted by atomic mass is 35.5. The molecule has 5 nitrogen and oxygen atoms in total. The average molecular weight is 399 g/mol. The molecule has 0 bridgehead atoms. The summed E-state index contributed by atoms with van der Waals surface area (Å²) in [5.74, 6) is -1.46. The number of rotatable bonds is 6. The van der Waals surface area contributed by atoms with Gasteiger partial charge in [-0.2, -0.15) is 0 Å². The van der Waals surface area contributed by atoms with Gasteiger partial charge in [-0.3, -0.25) is 9.59 Å². The minimum atomic E-state index is -0.670. The second-order valence-corrected chi connectivity index (χ2v) is 7.51. The number of aliphatic hydroxyl groups is 1. The molecule has 28 heavy (non-hydrogen) atoms. The molecule has 0 radical (unpaired) electrons. The number of nitrogens with zero attached hydrogens (tertiary/aromatic N) is 2. The Balaban J connectivity index is 2.07. The fraction of sp³-hybridized carbons (Fsp3) is 0.273. The summed E-state index contributed by atoms with van der Waals surface area (Å²) >= 11 is 6.04. The molecule has 2 aromatic carbocycles. The second kappa shape index (κ2) is 8.59. The Kier molecular flexibility index (Phi) is 6.17. The third-order valence-electron chi connectivity index (χ3n) is 4.76. The van der Waals surface area contributed by atoms with Crippen molar-refractivity contribution in [3.05, 3.63) is 76.3 Å². The molecule has 1 fully saturated rings. The van der Waals surface area contributed by atoms with Crippen LogP contribution in [0.5, 0.6) is 0 Å². The predicted octanol–water partition coefficient (Wildman–Crippen LogP) is 3.71. The van der Waals surface area contributed by atoms with Crippen LogP contribution in [0.4, 0.5) is 0 Å². The molecule has 0 aromatic heterocycles. The van der Waals surface area contributed by atoms with Crippen LogP contribution in [-0.4, -0.2) is 53.8 Å². The summed E-state index contributed by atoms with van der Waals surface area (Å²) in [5, 5.41) is 11.4. The van der Waals surface area contributed by atoms with Crippen molar-refractivity contribution in [2.24, 2.45) is 0 Å². The molecular formula is C22H23ClN2O3. The van der Waals surface area contributed by atoms with Crippen molar-refractivity contribution in [1.82, 2.24) is 9.80 Å². The Morgan fingerprint density at radius 2 is 1.82 bits per heavy atom. The summed E-state index contributed by atoms with van der Waals surface area (Å²) in [6, 6.07) is 15.3. The van der Waals surface area contributed by atoms with Gasteiger partial charge >= 0.3 is 0 Å². The quantitative estimate of drug-likeness (QED) is 0.457. The summed E-state index contributed by atoms with van der Waals surface area (Å²) in [6.07, 6.45) is 0.723. The molecule has 2 aromatic rings. The molecule has 1 aliphatic rings. The monoisotopic (exact) mass is 398 g/mol. The summed E-state index contributed by atoms with van der Waals surface area (Å²) in [7, 11) is 3.92. The van der Waals surface area contributed by atoms with Crippen LogP contribution < -0.4 is 0 Å². The van der Waals surface area contributed by atoms with Crippen molar-refractivity contribution in [2.75, 3.05) is 27.2 Å². The smallest absolute Gasteiger partial charge is 0.295 e. The Hall–Kier alpha value is -2.63. The van der Waals surface area contributed by atoms with E-state index in [1.54, 1.807) is 29.2 Å². The number of likely N-dealkylation sites (tertiary alicyclic amines) is 1. The van der Waals surface area contributed by atoms with Crippen molar-refractivity contribution in [1.29, 1.82) is 0 Å². The number of hydrogen-bond donors (Lipinski definition) is 1. The molecule has 1 atom stereocenters. The van der Waals surface area contributed by atoms with E-state index in [1.165, 1.54) is 0 Å². The lowest BCUT2D eigenvalue weighted by Crippen LogP contribution is -2.32. The maximum Gasteiger partial charge on any atom is 0.295 e.